The first-order valence-corrected chi connectivity index (χ1v) is 50.6. The number of halogens is 9. The number of carboxylic acid groups (broad SMARTS) is 1. The Bertz CT molecular complexity index is 6240. The molecule has 0 bridgehead atoms. The molecule has 44 heteroatoms. The normalized spacial score (nSPS) is 15.8. The van der Waals surface area contributed by atoms with E-state index < -0.39 is 54.1 Å². The van der Waals surface area contributed by atoms with Gasteiger partial charge < -0.3 is 87.0 Å². The number of aromatic nitrogens is 12. The monoisotopic (exact) mass is 2320 g/mol. The molecule has 14 heterocycles. The Hall–Kier alpha value is -11.5. The highest BCUT2D eigenvalue weighted by Crippen LogP contribution is 2.41. The Balaban J connectivity index is 0.000000173. The maximum atomic E-state index is 14.9. The van der Waals surface area contributed by atoms with Crippen LogP contribution in [0.5, 0.6) is 0 Å². The topological polar surface area (TPSA) is 468 Å². The maximum Gasteiger partial charge on any atom is 0.498 e. The van der Waals surface area contributed by atoms with Gasteiger partial charge in [0, 0.05) is 164 Å². The predicted molar refractivity (Wildman–Crippen MR) is 569 cm³/mol. The number of hydrogen-bond donors (Lipinski definition) is 8. The molecule has 0 unspecified atom stereocenters. The van der Waals surface area contributed by atoms with E-state index in [1.165, 1.54) is 74.9 Å². The number of nitrogen functional groups attached to an aromatic ring is 4. The molecule has 13 N–H and O–H groups in total. The van der Waals surface area contributed by atoms with Crippen LogP contribution in [0.4, 0.5) is 40.8 Å². The van der Waals surface area contributed by atoms with Crippen LogP contribution < -0.4 is 44.8 Å². The van der Waals surface area contributed by atoms with Crippen molar-refractivity contribution in [1.82, 2.24) is 80.2 Å². The second kappa shape index (κ2) is 56.6. The second-order valence-corrected chi connectivity index (χ2v) is 40.3. The van der Waals surface area contributed by atoms with Crippen LogP contribution in [0.1, 0.15) is 200 Å². The van der Waals surface area contributed by atoms with Crippen LogP contribution in [-0.2, 0) is 59.0 Å². The molecule has 12 aromatic rings. The largest absolute Gasteiger partial charge is 0.498 e. The minimum atomic E-state index is -1.25. The van der Waals surface area contributed by atoms with Gasteiger partial charge in [-0.25, -0.2) is 82.2 Å². The van der Waals surface area contributed by atoms with Gasteiger partial charge in [-0.05, 0) is 299 Å². The van der Waals surface area contributed by atoms with Crippen molar-refractivity contribution < 1.29 is 74.7 Å². The van der Waals surface area contributed by atoms with E-state index in [0.29, 0.717) is 95.4 Å². The number of anilines is 4. The average molecular weight is 2330 g/mol. The zero-order valence-electron chi connectivity index (χ0n) is 82.4. The summed E-state index contributed by atoms with van der Waals surface area (Å²) in [5, 5.41) is 14.2. The molecular weight excluding hydrogens is 2210 g/mol. The number of nitrogens with one attached hydrogen (secondary N) is 2. The molecule has 8 aromatic heterocycles. The van der Waals surface area contributed by atoms with Crippen LogP contribution in [0.25, 0.3) is 11.1 Å². The Labute approximate surface area is 889 Å². The molecule has 0 aliphatic carbocycles. The number of benzene rings is 4. The van der Waals surface area contributed by atoms with Gasteiger partial charge in [0.15, 0.2) is 0 Å². The summed E-state index contributed by atoms with van der Waals surface area (Å²) in [6.45, 7) is 24.2. The number of ether oxygens (including phenoxy) is 3. The first-order chi connectivity index (χ1) is 69.6. The minimum Gasteiger partial charge on any atom is -0.478 e. The summed E-state index contributed by atoms with van der Waals surface area (Å²) in [6, 6.07) is 33.5. The van der Waals surface area contributed by atoms with E-state index in [1.807, 2.05) is 52.2 Å². The smallest absolute Gasteiger partial charge is 0.478 e. The molecule has 5 saturated heterocycles. The molecule has 0 spiro atoms. The zero-order chi connectivity index (χ0) is 106. The summed E-state index contributed by atoms with van der Waals surface area (Å²) in [5.74, 6) is 0.402. The highest BCUT2D eigenvalue weighted by atomic mass is 79.9. The van der Waals surface area contributed by atoms with Crippen molar-refractivity contribution in [1.29, 1.82) is 0 Å². The molecule has 0 atom stereocenters. The zero-order valence-corrected chi connectivity index (χ0v) is 90.4. The number of carbonyl (C=O) groups is 4. The van der Waals surface area contributed by atoms with E-state index in [1.54, 1.807) is 125 Å². The lowest BCUT2D eigenvalue weighted by Gasteiger charge is -2.32. The molecule has 772 valence electrons. The van der Waals surface area contributed by atoms with E-state index in [-0.39, 0.29) is 71.4 Å². The van der Waals surface area contributed by atoms with Crippen LogP contribution in [0, 0.1) is 23.3 Å². The number of rotatable bonds is 17. The summed E-state index contributed by atoms with van der Waals surface area (Å²) in [4.78, 5) is 98.1. The molecule has 0 saturated carbocycles. The van der Waals surface area contributed by atoms with Gasteiger partial charge in [0.05, 0.1) is 75.3 Å². The van der Waals surface area contributed by atoms with Gasteiger partial charge >= 0.3 is 20.2 Å². The van der Waals surface area contributed by atoms with Gasteiger partial charge in [-0.3, -0.25) is 14.4 Å². The van der Waals surface area contributed by atoms with Crippen molar-refractivity contribution in [3.05, 3.63) is 321 Å². The summed E-state index contributed by atoms with van der Waals surface area (Å²) in [7, 11) is 2.57. The van der Waals surface area contributed by atoms with Crippen molar-refractivity contribution in [2.45, 2.75) is 167 Å². The van der Waals surface area contributed by atoms with Crippen molar-refractivity contribution in [2.24, 2.45) is 5.73 Å². The Morgan fingerprint density at radius 2 is 0.829 bits per heavy atom. The highest BCUT2D eigenvalue weighted by molar-refractivity contribution is 9.11. The van der Waals surface area contributed by atoms with Gasteiger partial charge in [0.25, 0.3) is 17.7 Å². The first-order valence-electron chi connectivity index (χ1n) is 46.6. The molecule has 0 radical (unpaired) electrons. The fourth-order valence-corrected chi connectivity index (χ4v) is 16.2. The number of pyridine rings is 4. The molecular formula is C102H118B2Br5F4N21O12. The summed E-state index contributed by atoms with van der Waals surface area (Å²) in [6.07, 6.45) is 29.4. The third kappa shape index (κ3) is 35.4. The van der Waals surface area contributed by atoms with Gasteiger partial charge in [-0.2, -0.15) is 0 Å². The molecule has 6 aliphatic heterocycles. The Morgan fingerprint density at radius 3 is 1.22 bits per heavy atom. The van der Waals surface area contributed by atoms with Crippen molar-refractivity contribution in [3.63, 3.8) is 0 Å². The summed E-state index contributed by atoms with van der Waals surface area (Å²) >= 11 is 15.9. The Kier molecular flexibility index (Phi) is 45.1. The number of carbonyl (C=O) groups excluding carboxylic acids is 3. The van der Waals surface area contributed by atoms with Crippen molar-refractivity contribution >= 4 is 146 Å². The van der Waals surface area contributed by atoms with Crippen LogP contribution in [0.3, 0.4) is 0 Å². The second-order valence-electron chi connectivity index (χ2n) is 35.8. The molecule has 146 heavy (non-hydrogen) atoms. The minimum absolute atomic E-state index is 0.00543. The third-order valence-electron chi connectivity index (χ3n) is 24.3. The first kappa shape index (κ1) is 116. The summed E-state index contributed by atoms with van der Waals surface area (Å²) in [5.41, 5.74) is 33.7. The SMILES string of the molecule is CC1(C)OB(C2=CCNCC2)OC1(C)C.CC1(C)OB(c2cc(C3CCOCC3)cnc2N)OC1(C)C.CN(Cc1ncccn1)C(=O)c1ccc(-c2cc(C3CCOCC3)cnc2N)cc1F.CN(Cc1ncccn1)C(=O)c1ccc(Br)cc1F.NCc1ncccn1.Nc1ccc(Br)cn1.Nc1ncc(C2CCOCC2)cc1Br.O=C(NCc1ncccn1)c1ccc(Br)cc1F.O=C(O)c1ccc(Br)cc1F. The van der Waals surface area contributed by atoms with Gasteiger partial charge in [-0.15, -0.1) is 0 Å². The number of nitrogens with zero attached hydrogens (tertiary/aromatic N) is 14. The van der Waals surface area contributed by atoms with E-state index in [4.69, 9.17) is 66.6 Å². The predicted octanol–water partition coefficient (Wildman–Crippen LogP) is 17.7. The molecule has 18 rings (SSSR count). The molecule has 4 aromatic carbocycles. The van der Waals surface area contributed by atoms with Crippen molar-refractivity contribution in [3.8, 4) is 11.1 Å². The maximum absolute atomic E-state index is 14.9. The standard InChI is InChI=1S/C23H24FN5O2.C16H25BN2O3.C13H11BrFN3O.C12H9BrFN3O.C11H20BNO2.C10H13BrN2O.C7H4BrFO2.C5H5BrN2.C5H7N3/c1-29(14-21-26-7-2-8-27-21)23(30)18-4-3-16(12-20(18)24)19-11-17(13-28-22(19)25)15-5-9-31-10-6-15;1-15(2)16(3,4)22-17(21-15)13-9-12(10-19-14(13)18)11-5-7-20-8-6-11;1-18(8-12-16-5-2-6-17-12)13(19)10-4-3-9(14)7-11(10)15;13-8-2-3-9(10(14)6-8)12(18)17-7-11-15-4-1-5-16-11;1-10(2)11(3,4)15-12(14-10)9-5-7-13-8-6-9;11-9-5-8(6-13-10(9)12)7-1-3-14-4-2-7;8-4-1-2-5(7(10)11)6(9)3-4;6-4-1-2-5(7)8-3-4;6-4-5-7-2-1-3-8-5/h2-4,7-8,11-13,15H,5-6,9-10,14H2,1H3,(H2,25,28);9-11H,5-8H2,1-4H3,(H2,18,19);2-7H,8H2,1H3;1-6H,7H2,(H,17,18);5,13H,6-8H2,1-4H3;5-7H,1-4H2,(H2,12,13);1-3H,(H,10,11);1-3H,(H2,7,8);1-3H,4,6H2. The van der Waals surface area contributed by atoms with E-state index in [2.05, 4.69) is 196 Å². The lowest BCUT2D eigenvalue weighted by atomic mass is 9.75. The van der Waals surface area contributed by atoms with E-state index >= 15 is 0 Å². The number of carboxylic acids is 1. The number of aromatic carboxylic acids is 1. The lowest BCUT2D eigenvalue weighted by Crippen LogP contribution is -2.41. The average Bonchev–Trinajstić information content (AvgIpc) is 1.62. The fraction of sp³-hybridized carbons (Fsp3) is 0.353. The third-order valence-corrected chi connectivity index (χ3v) is 26.9. The lowest BCUT2D eigenvalue weighted by molar-refractivity contribution is 0.00578. The van der Waals surface area contributed by atoms with E-state index in [9.17, 15) is 36.7 Å². The summed E-state index contributed by atoms with van der Waals surface area (Å²) < 4.78 is 98.7. The van der Waals surface area contributed by atoms with Crippen molar-refractivity contribution in [2.75, 3.05) is 89.8 Å². The van der Waals surface area contributed by atoms with Crippen LogP contribution in [0.15, 0.2) is 236 Å². The molecule has 5 fully saturated rings. The van der Waals surface area contributed by atoms with Gasteiger partial charge in [-0.1, -0.05) is 66.0 Å². The van der Waals surface area contributed by atoms with Crippen LogP contribution in [0.2, 0.25) is 0 Å². The highest BCUT2D eigenvalue weighted by Gasteiger charge is 2.54. The number of nitrogens with two attached hydrogens (primary N) is 5. The molecule has 6 aliphatic rings. The number of hydrogen-bond acceptors (Lipinski definition) is 29. The van der Waals surface area contributed by atoms with E-state index in [0.717, 1.165) is 124 Å². The van der Waals surface area contributed by atoms with Gasteiger partial charge in [0.2, 0.25) is 0 Å². The Morgan fingerprint density at radius 1 is 0.445 bits per heavy atom. The van der Waals surface area contributed by atoms with Crippen LogP contribution in [-0.4, -0.2) is 202 Å². The molecule has 33 nitrogen and oxygen atoms in total. The number of amides is 3. The van der Waals surface area contributed by atoms with Crippen LogP contribution >= 0.6 is 79.6 Å². The molecule has 3 amide bonds. The van der Waals surface area contributed by atoms with Gasteiger partial charge in [0.1, 0.15) is 69.8 Å². The quantitative estimate of drug-likeness (QED) is 0.0310. The fourth-order valence-electron chi connectivity index (χ4n) is 14.6.